The minimum absolute atomic E-state index is 0.000435. The molecule has 35 heavy (non-hydrogen) atoms. The zero-order valence-corrected chi connectivity index (χ0v) is 19.8. The lowest BCUT2D eigenvalue weighted by atomic mass is 10.1. The lowest BCUT2D eigenvalue weighted by molar-refractivity contribution is -0.138. The topological polar surface area (TPSA) is 154 Å². The summed E-state index contributed by atoms with van der Waals surface area (Å²) in [5, 5.41) is 14.6. The van der Waals surface area contributed by atoms with Crippen molar-refractivity contribution in [2.45, 2.75) is 16.7 Å². The van der Waals surface area contributed by atoms with Gasteiger partial charge in [0.25, 0.3) is 15.6 Å². The fourth-order valence-electron chi connectivity index (χ4n) is 3.27. The van der Waals surface area contributed by atoms with Crippen LogP contribution in [-0.2, 0) is 21.2 Å². The summed E-state index contributed by atoms with van der Waals surface area (Å²) in [7, 11) is -4.02. The lowest BCUT2D eigenvalue weighted by Gasteiger charge is -2.14. The largest absolute Gasteiger partial charge is 0.480 e. The minimum Gasteiger partial charge on any atom is -0.480 e. The van der Waals surface area contributed by atoms with Crippen molar-refractivity contribution in [1.29, 1.82) is 0 Å². The number of carbonyl (C=O) groups is 1. The molecule has 4 rings (SSSR count). The minimum atomic E-state index is -4.02. The van der Waals surface area contributed by atoms with E-state index < -0.39 is 27.6 Å². The molecule has 1 atom stereocenters. The van der Waals surface area contributed by atoms with Crippen LogP contribution < -0.4 is 15.6 Å². The molecule has 0 saturated heterocycles. The van der Waals surface area contributed by atoms with Gasteiger partial charge >= 0.3 is 5.97 Å². The Balaban J connectivity index is 1.49. The predicted molar refractivity (Wildman–Crippen MR) is 134 cm³/mol. The summed E-state index contributed by atoms with van der Waals surface area (Å²) in [4.78, 5) is 35.4. The molecular weight excluding hydrogens is 490 g/mol. The number of aliphatic carboxylic acids is 1. The summed E-state index contributed by atoms with van der Waals surface area (Å²) >= 11 is 0.972. The predicted octanol–water partition coefficient (Wildman–Crippen LogP) is 2.48. The van der Waals surface area contributed by atoms with Gasteiger partial charge in [-0.25, -0.2) is 18.4 Å². The van der Waals surface area contributed by atoms with Crippen LogP contribution in [0.5, 0.6) is 0 Å². The van der Waals surface area contributed by atoms with E-state index in [-0.39, 0.29) is 16.5 Å². The molecule has 12 heteroatoms. The second-order valence-electron chi connectivity index (χ2n) is 7.44. The van der Waals surface area contributed by atoms with E-state index in [1.807, 2.05) is 30.4 Å². The third-order valence-electron chi connectivity index (χ3n) is 4.91. The van der Waals surface area contributed by atoms with Crippen molar-refractivity contribution in [2.24, 2.45) is 0 Å². The molecule has 180 valence electrons. The number of nitrogens with zero attached hydrogens (tertiary/aromatic N) is 2. The van der Waals surface area contributed by atoms with E-state index in [4.69, 9.17) is 0 Å². The number of anilines is 1. The van der Waals surface area contributed by atoms with Gasteiger partial charge in [-0.15, -0.1) is 11.3 Å². The van der Waals surface area contributed by atoms with Crippen LogP contribution >= 0.6 is 11.3 Å². The highest BCUT2D eigenvalue weighted by Gasteiger charge is 2.27. The molecule has 3 heterocycles. The van der Waals surface area contributed by atoms with Crippen LogP contribution in [0.25, 0.3) is 17.0 Å². The number of H-pyrrole nitrogens is 1. The maximum Gasteiger partial charge on any atom is 0.322 e. The van der Waals surface area contributed by atoms with Crippen molar-refractivity contribution in [3.8, 4) is 0 Å². The van der Waals surface area contributed by atoms with Crippen molar-refractivity contribution in [1.82, 2.24) is 19.7 Å². The number of benzene rings is 1. The van der Waals surface area contributed by atoms with E-state index >= 15 is 0 Å². The Kier molecular flexibility index (Phi) is 7.34. The third-order valence-corrected chi connectivity index (χ3v) is 7.78. The van der Waals surface area contributed by atoms with Crippen molar-refractivity contribution >= 4 is 50.1 Å². The zero-order chi connectivity index (χ0) is 24.8. The molecule has 0 fully saturated rings. The number of pyridine rings is 1. The Morgan fingerprint density at radius 1 is 1.20 bits per heavy atom. The number of hydrogen-bond acceptors (Lipinski definition) is 8. The molecule has 0 spiro atoms. The summed E-state index contributed by atoms with van der Waals surface area (Å²) < 4.78 is 27.0. The molecule has 0 aliphatic rings. The number of nitrogens with one attached hydrogen (secondary N) is 3. The fraction of sp³-hybridized carbons (Fsp3) is 0.130. The summed E-state index contributed by atoms with van der Waals surface area (Å²) in [6.07, 6.45) is 5.11. The van der Waals surface area contributed by atoms with Gasteiger partial charge in [0.1, 0.15) is 21.9 Å². The molecule has 1 aromatic carbocycles. The monoisotopic (exact) mass is 511 g/mol. The van der Waals surface area contributed by atoms with Crippen LogP contribution in [0.4, 0.5) is 5.82 Å². The van der Waals surface area contributed by atoms with Gasteiger partial charge in [-0.05, 0) is 41.3 Å². The highest BCUT2D eigenvalue weighted by molar-refractivity contribution is 7.91. The van der Waals surface area contributed by atoms with Gasteiger partial charge in [-0.1, -0.05) is 30.4 Å². The first-order valence-corrected chi connectivity index (χ1v) is 12.8. The molecular formula is C23H21N5O5S2. The molecule has 0 radical (unpaired) electrons. The van der Waals surface area contributed by atoms with Crippen molar-refractivity contribution in [3.05, 3.63) is 87.9 Å². The normalized spacial score (nSPS) is 12.7. The standard InChI is InChI=1S/C23H21N5O5S2/c29-22-16-13-15(5-3-11-25-19-6-1-2-10-24-19)8-9-17(16)26-20(27-22)14-18(23(30)31)28-35(32,33)21-7-4-12-34-21/h1-10,12-13,18,28H,11,14H2,(H,24,25)(H,30,31)(H,26,27,29)/t18-/m0/s1. The van der Waals surface area contributed by atoms with Crippen LogP contribution in [0.1, 0.15) is 11.4 Å². The summed E-state index contributed by atoms with van der Waals surface area (Å²) in [6.45, 7) is 0.542. The molecule has 0 aliphatic carbocycles. The number of aromatic amines is 1. The first-order chi connectivity index (χ1) is 16.8. The highest BCUT2D eigenvalue weighted by Crippen LogP contribution is 2.17. The average molecular weight is 512 g/mol. The second-order valence-corrected chi connectivity index (χ2v) is 10.3. The second kappa shape index (κ2) is 10.6. The van der Waals surface area contributed by atoms with Crippen LogP contribution in [0.2, 0.25) is 0 Å². The molecule has 4 N–H and O–H groups in total. The maximum atomic E-state index is 12.7. The van der Waals surface area contributed by atoms with Gasteiger partial charge in [-0.2, -0.15) is 4.72 Å². The van der Waals surface area contributed by atoms with Gasteiger partial charge in [0.2, 0.25) is 0 Å². The van der Waals surface area contributed by atoms with Crippen molar-refractivity contribution in [3.63, 3.8) is 0 Å². The Labute approximate surface area is 204 Å². The molecule has 3 aromatic heterocycles. The first-order valence-electron chi connectivity index (χ1n) is 10.4. The van der Waals surface area contributed by atoms with Gasteiger partial charge in [0.05, 0.1) is 10.9 Å². The molecule has 0 aliphatic heterocycles. The smallest absolute Gasteiger partial charge is 0.322 e. The Hall–Kier alpha value is -3.87. The fourth-order valence-corrected chi connectivity index (χ4v) is 5.46. The highest BCUT2D eigenvalue weighted by atomic mass is 32.2. The molecule has 0 saturated carbocycles. The van der Waals surface area contributed by atoms with E-state index in [1.165, 1.54) is 6.07 Å². The van der Waals surface area contributed by atoms with Gasteiger partial charge in [-0.3, -0.25) is 9.59 Å². The van der Waals surface area contributed by atoms with Crippen molar-refractivity contribution < 1.29 is 18.3 Å². The molecule has 0 unspecified atom stereocenters. The Bertz CT molecular complexity index is 1520. The van der Waals surface area contributed by atoms with Crippen LogP contribution in [0.3, 0.4) is 0 Å². The van der Waals surface area contributed by atoms with Crippen LogP contribution in [0.15, 0.2) is 75.2 Å². The van der Waals surface area contributed by atoms with Crippen molar-refractivity contribution in [2.75, 3.05) is 11.9 Å². The number of hydrogen-bond donors (Lipinski definition) is 4. The quantitative estimate of drug-likeness (QED) is 0.253. The van der Waals surface area contributed by atoms with Gasteiger partial charge in [0.15, 0.2) is 0 Å². The average Bonchev–Trinajstić information content (AvgIpc) is 3.38. The number of aromatic nitrogens is 3. The number of sulfonamides is 1. The zero-order valence-electron chi connectivity index (χ0n) is 18.2. The number of rotatable bonds is 10. The Morgan fingerprint density at radius 2 is 2.06 bits per heavy atom. The molecule has 4 aromatic rings. The third kappa shape index (κ3) is 6.18. The molecule has 0 bridgehead atoms. The van der Waals surface area contributed by atoms with Gasteiger partial charge < -0.3 is 15.4 Å². The van der Waals surface area contributed by atoms with Gasteiger partial charge in [0, 0.05) is 19.2 Å². The Morgan fingerprint density at radius 3 is 2.77 bits per heavy atom. The van der Waals surface area contributed by atoms with Crippen LogP contribution in [-0.4, -0.2) is 47.0 Å². The van der Waals surface area contributed by atoms with E-state index in [0.717, 1.165) is 22.7 Å². The summed E-state index contributed by atoms with van der Waals surface area (Å²) in [5.74, 6) is -0.569. The SMILES string of the molecule is O=C(O)[C@H](Cc1nc2ccc(C=CCNc3ccccn3)cc2c(=O)[nH]1)NS(=O)(=O)c1cccs1. The van der Waals surface area contributed by atoms with E-state index in [1.54, 1.807) is 35.8 Å². The number of thiophene rings is 1. The van der Waals surface area contributed by atoms with E-state index in [2.05, 4.69) is 25.0 Å². The summed E-state index contributed by atoms with van der Waals surface area (Å²) in [5.41, 5.74) is 0.711. The molecule has 10 nitrogen and oxygen atoms in total. The molecule has 0 amide bonds. The van der Waals surface area contributed by atoms with E-state index in [0.29, 0.717) is 17.4 Å². The van der Waals surface area contributed by atoms with E-state index in [9.17, 15) is 23.1 Å². The van der Waals surface area contributed by atoms with Crippen LogP contribution in [0, 0.1) is 0 Å². The number of carboxylic acids is 1. The lowest BCUT2D eigenvalue weighted by Crippen LogP contribution is -2.42. The maximum absolute atomic E-state index is 12.7. The number of carboxylic acid groups (broad SMARTS) is 1. The first kappa shape index (κ1) is 24.3. The number of fused-ring (bicyclic) bond motifs is 1. The summed E-state index contributed by atoms with van der Waals surface area (Å²) in [6, 6.07) is 12.1.